The van der Waals surface area contributed by atoms with E-state index in [1.165, 1.54) is 24.3 Å². The topological polar surface area (TPSA) is 59.1 Å². The van der Waals surface area contributed by atoms with Gasteiger partial charge in [0.2, 0.25) is 0 Å². The van der Waals surface area contributed by atoms with Gasteiger partial charge in [-0.2, -0.15) is 26.3 Å². The van der Waals surface area contributed by atoms with Crippen molar-refractivity contribution in [1.29, 1.82) is 0 Å². The first kappa shape index (κ1) is 33.3. The first-order valence-corrected chi connectivity index (χ1v) is 15.0. The number of carbonyl (C=O) groups is 2. The van der Waals surface area contributed by atoms with Crippen LogP contribution in [0, 0.1) is 0 Å². The minimum Gasteiger partial charge on any atom is -0.336 e. The number of rotatable bonds is 7. The third-order valence-corrected chi connectivity index (χ3v) is 8.34. The Labute approximate surface area is 263 Å². The maximum atomic E-state index is 13.1. The molecule has 3 amide bonds. The molecule has 0 aliphatic carbocycles. The summed E-state index contributed by atoms with van der Waals surface area (Å²) in [6, 6.07) is 17.1. The predicted molar refractivity (Wildman–Crippen MR) is 160 cm³/mol. The summed E-state index contributed by atoms with van der Waals surface area (Å²) in [5, 5.41) is 2.91. The highest BCUT2D eigenvalue weighted by atomic mass is 19.4. The second-order valence-electron chi connectivity index (χ2n) is 11.6. The van der Waals surface area contributed by atoms with E-state index in [4.69, 9.17) is 0 Å². The van der Waals surface area contributed by atoms with E-state index in [0.29, 0.717) is 77.6 Å². The summed E-state index contributed by atoms with van der Waals surface area (Å²) in [6.45, 7) is 5.76. The molecule has 246 valence electrons. The number of benzene rings is 3. The molecule has 46 heavy (non-hydrogen) atoms. The number of alkyl halides is 6. The van der Waals surface area contributed by atoms with Crippen molar-refractivity contribution in [3.05, 3.63) is 106 Å². The molecule has 5 rings (SSSR count). The smallest absolute Gasteiger partial charge is 0.336 e. The lowest BCUT2D eigenvalue weighted by Gasteiger charge is -2.35. The molecular weight excluding hydrogens is 612 g/mol. The number of nitrogens with one attached hydrogen (secondary N) is 1. The number of hydrogen-bond acceptors (Lipinski definition) is 4. The van der Waals surface area contributed by atoms with Crippen molar-refractivity contribution in [2.45, 2.75) is 32.0 Å². The molecule has 0 atom stereocenters. The molecule has 0 spiro atoms. The average Bonchev–Trinajstić information content (AvgIpc) is 3.04. The Morgan fingerprint density at radius 3 is 1.35 bits per heavy atom. The molecule has 2 aliphatic rings. The van der Waals surface area contributed by atoms with Crippen molar-refractivity contribution in [3.63, 3.8) is 0 Å². The van der Waals surface area contributed by atoms with Crippen LogP contribution >= 0.6 is 0 Å². The van der Waals surface area contributed by atoms with Crippen molar-refractivity contribution >= 4 is 11.9 Å². The maximum absolute atomic E-state index is 13.1. The summed E-state index contributed by atoms with van der Waals surface area (Å²) < 4.78 is 76.8. The van der Waals surface area contributed by atoms with Gasteiger partial charge in [-0.3, -0.25) is 14.6 Å². The number of hydrogen-bond donors (Lipinski definition) is 1. The Balaban J connectivity index is 1.01. The van der Waals surface area contributed by atoms with Gasteiger partial charge in [0.15, 0.2) is 0 Å². The van der Waals surface area contributed by atoms with Crippen LogP contribution in [0.5, 0.6) is 0 Å². The zero-order valence-corrected chi connectivity index (χ0v) is 25.1. The lowest BCUT2D eigenvalue weighted by molar-refractivity contribution is -0.138. The van der Waals surface area contributed by atoms with Gasteiger partial charge in [0, 0.05) is 77.6 Å². The van der Waals surface area contributed by atoms with Crippen molar-refractivity contribution < 1.29 is 35.9 Å². The lowest BCUT2D eigenvalue weighted by atomic mass is 10.1. The van der Waals surface area contributed by atoms with Crippen molar-refractivity contribution in [2.75, 3.05) is 52.4 Å². The van der Waals surface area contributed by atoms with E-state index in [1.807, 2.05) is 0 Å². The van der Waals surface area contributed by atoms with E-state index >= 15 is 0 Å². The quantitative estimate of drug-likeness (QED) is 0.334. The van der Waals surface area contributed by atoms with Crippen molar-refractivity contribution in [3.8, 4) is 0 Å². The van der Waals surface area contributed by atoms with Gasteiger partial charge in [-0.05, 0) is 53.1 Å². The maximum Gasteiger partial charge on any atom is 0.416 e. The molecule has 1 N–H and O–H groups in total. The van der Waals surface area contributed by atoms with E-state index < -0.39 is 23.5 Å². The molecule has 0 aromatic heterocycles. The van der Waals surface area contributed by atoms with Gasteiger partial charge in [-0.25, -0.2) is 4.79 Å². The van der Waals surface area contributed by atoms with Crippen molar-refractivity contribution in [1.82, 2.24) is 24.9 Å². The largest absolute Gasteiger partial charge is 0.416 e. The lowest BCUT2D eigenvalue weighted by Crippen LogP contribution is -2.51. The fraction of sp³-hybridized carbons (Fsp3) is 0.394. The van der Waals surface area contributed by atoms with E-state index in [-0.39, 0.29) is 11.9 Å². The van der Waals surface area contributed by atoms with Gasteiger partial charge in [-0.15, -0.1) is 0 Å². The molecule has 0 saturated carbocycles. The number of halogens is 6. The molecule has 2 aliphatic heterocycles. The van der Waals surface area contributed by atoms with Crippen LogP contribution in [0.4, 0.5) is 31.1 Å². The highest BCUT2D eigenvalue weighted by Crippen LogP contribution is 2.30. The van der Waals surface area contributed by atoms with Crippen LogP contribution in [-0.4, -0.2) is 83.9 Å². The molecule has 0 unspecified atom stereocenters. The molecule has 13 heteroatoms. The van der Waals surface area contributed by atoms with Gasteiger partial charge < -0.3 is 15.1 Å². The first-order valence-electron chi connectivity index (χ1n) is 15.0. The number of urea groups is 1. The third-order valence-electron chi connectivity index (χ3n) is 8.34. The molecule has 7 nitrogen and oxygen atoms in total. The standard InChI is InChI=1S/C33H35F6N5O2/c34-32(35,36)28-9-3-25(4-10-28)22-41-13-17-43(18-14-41)30(45)27-7-1-24(2-8-27)21-40-31(46)44-19-15-42(16-20-44)23-26-5-11-29(12-6-26)33(37,38)39/h1-12H,13-23H2,(H,40,46). The van der Waals surface area contributed by atoms with Crippen LogP contribution in [0.2, 0.25) is 0 Å². The van der Waals surface area contributed by atoms with Crippen LogP contribution in [0.3, 0.4) is 0 Å². The summed E-state index contributed by atoms with van der Waals surface area (Å²) in [5.41, 5.74) is 1.60. The fourth-order valence-electron chi connectivity index (χ4n) is 5.57. The summed E-state index contributed by atoms with van der Waals surface area (Å²) in [5.74, 6) is -0.0982. The van der Waals surface area contributed by atoms with Crippen LogP contribution in [-0.2, 0) is 32.0 Å². The molecule has 3 aromatic carbocycles. The molecule has 0 radical (unpaired) electrons. The Morgan fingerprint density at radius 2 is 0.935 bits per heavy atom. The summed E-state index contributed by atoms with van der Waals surface area (Å²) >= 11 is 0. The first-order chi connectivity index (χ1) is 21.8. The number of amides is 3. The second kappa shape index (κ2) is 14.1. The van der Waals surface area contributed by atoms with E-state index in [2.05, 4.69) is 15.1 Å². The van der Waals surface area contributed by atoms with Gasteiger partial charge >= 0.3 is 18.4 Å². The number of piperazine rings is 2. The normalized spacial score (nSPS) is 16.8. The van der Waals surface area contributed by atoms with Crippen LogP contribution in [0.1, 0.15) is 38.2 Å². The summed E-state index contributed by atoms with van der Waals surface area (Å²) in [6.07, 6.45) is -8.72. The van der Waals surface area contributed by atoms with Gasteiger partial charge in [0.05, 0.1) is 11.1 Å². The van der Waals surface area contributed by atoms with Gasteiger partial charge in [-0.1, -0.05) is 36.4 Å². The van der Waals surface area contributed by atoms with E-state index in [0.717, 1.165) is 41.0 Å². The van der Waals surface area contributed by atoms with Crippen molar-refractivity contribution in [2.24, 2.45) is 0 Å². The average molecular weight is 648 g/mol. The Hall–Kier alpha value is -4.10. The highest BCUT2D eigenvalue weighted by Gasteiger charge is 2.31. The van der Waals surface area contributed by atoms with Crippen LogP contribution in [0.25, 0.3) is 0 Å². The van der Waals surface area contributed by atoms with E-state index in [1.54, 1.807) is 34.1 Å². The zero-order valence-electron chi connectivity index (χ0n) is 25.1. The van der Waals surface area contributed by atoms with Crippen LogP contribution in [0.15, 0.2) is 72.8 Å². The Kier molecular flexibility index (Phi) is 10.2. The fourth-order valence-corrected chi connectivity index (χ4v) is 5.57. The van der Waals surface area contributed by atoms with Gasteiger partial charge in [0.25, 0.3) is 5.91 Å². The van der Waals surface area contributed by atoms with Crippen LogP contribution < -0.4 is 5.32 Å². The zero-order chi connectivity index (χ0) is 32.9. The molecule has 3 aromatic rings. The van der Waals surface area contributed by atoms with E-state index in [9.17, 15) is 35.9 Å². The monoisotopic (exact) mass is 647 g/mol. The molecule has 2 heterocycles. The Morgan fingerprint density at radius 1 is 0.543 bits per heavy atom. The number of carbonyl (C=O) groups excluding carboxylic acids is 2. The Bertz CT molecular complexity index is 1460. The molecule has 0 bridgehead atoms. The summed E-state index contributed by atoms with van der Waals surface area (Å²) in [4.78, 5) is 33.5. The summed E-state index contributed by atoms with van der Waals surface area (Å²) in [7, 11) is 0. The number of nitrogens with zero attached hydrogens (tertiary/aromatic N) is 4. The molecule has 2 saturated heterocycles. The SMILES string of the molecule is O=C(NCc1ccc(C(=O)N2CCN(Cc3ccc(C(F)(F)F)cc3)CC2)cc1)N1CCN(Cc2ccc(C(F)(F)F)cc2)CC1. The minimum absolute atomic E-state index is 0.0982. The minimum atomic E-state index is -4.36. The van der Waals surface area contributed by atoms with Gasteiger partial charge in [0.1, 0.15) is 0 Å². The predicted octanol–water partition coefficient (Wildman–Crippen LogP) is 5.71. The molecule has 2 fully saturated rings. The molecular formula is C33H35F6N5O2. The third kappa shape index (κ3) is 8.79. The highest BCUT2D eigenvalue weighted by molar-refractivity contribution is 5.94. The second-order valence-corrected chi connectivity index (χ2v) is 11.6.